The lowest BCUT2D eigenvalue weighted by Crippen LogP contribution is -2.19. The summed E-state index contributed by atoms with van der Waals surface area (Å²) in [7, 11) is -3.83. The van der Waals surface area contributed by atoms with Crippen LogP contribution in [-0.2, 0) is 18.3 Å². The summed E-state index contributed by atoms with van der Waals surface area (Å²) in [5.41, 5.74) is 0.817. The van der Waals surface area contributed by atoms with Gasteiger partial charge in [0.2, 0.25) is 5.85 Å². The first-order valence-electron chi connectivity index (χ1n) is 8.15. The van der Waals surface area contributed by atoms with Crippen LogP contribution >= 0.6 is 7.60 Å². The summed E-state index contributed by atoms with van der Waals surface area (Å²) in [6.07, 6.45) is -0.829. The topological polar surface area (TPSA) is 73.9 Å². The number of ether oxygens (including phenoxy) is 1. The Kier molecular flexibility index (Phi) is 7.33. The monoisotopic (exact) mass is 381 g/mol. The minimum Gasteiger partial charge on any atom is -0.428 e. The predicted molar refractivity (Wildman–Crippen MR) is 96.5 cm³/mol. The Labute approximate surface area is 151 Å². The van der Waals surface area contributed by atoms with Crippen LogP contribution in [-0.4, -0.2) is 19.3 Å². The molecular formula is C18H21FNO5P. The van der Waals surface area contributed by atoms with Crippen molar-refractivity contribution in [2.75, 3.05) is 18.5 Å². The molecule has 140 valence electrons. The normalized spacial score (nSPS) is 12.4. The SMILES string of the molecule is CCOP(=O)(OCC)C(OC(=O)Nc1ccccc1)c1ccc(F)cc1. The second kappa shape index (κ2) is 9.48. The zero-order chi connectivity index (χ0) is 19.0. The molecule has 8 heteroatoms. The molecule has 0 heterocycles. The van der Waals surface area contributed by atoms with E-state index in [1.807, 2.05) is 0 Å². The predicted octanol–water partition coefficient (Wildman–Crippen LogP) is 5.34. The van der Waals surface area contributed by atoms with Crippen LogP contribution in [0.15, 0.2) is 54.6 Å². The summed E-state index contributed by atoms with van der Waals surface area (Å²) in [6, 6.07) is 13.8. The summed E-state index contributed by atoms with van der Waals surface area (Å²) < 4.78 is 42.4. The smallest absolute Gasteiger partial charge is 0.412 e. The van der Waals surface area contributed by atoms with Gasteiger partial charge in [-0.15, -0.1) is 0 Å². The lowest BCUT2D eigenvalue weighted by molar-refractivity contribution is 0.113. The molecule has 1 amide bonds. The zero-order valence-corrected chi connectivity index (χ0v) is 15.4. The minimum atomic E-state index is -3.83. The van der Waals surface area contributed by atoms with Crippen LogP contribution < -0.4 is 5.32 Å². The van der Waals surface area contributed by atoms with E-state index in [0.29, 0.717) is 11.3 Å². The Morgan fingerprint density at radius 2 is 1.62 bits per heavy atom. The quantitative estimate of drug-likeness (QED) is 0.625. The second-order valence-corrected chi connectivity index (χ2v) is 7.24. The average Bonchev–Trinajstić information content (AvgIpc) is 2.62. The van der Waals surface area contributed by atoms with Crippen molar-refractivity contribution in [1.29, 1.82) is 0 Å². The van der Waals surface area contributed by atoms with E-state index in [9.17, 15) is 13.8 Å². The van der Waals surface area contributed by atoms with E-state index in [2.05, 4.69) is 5.32 Å². The lowest BCUT2D eigenvalue weighted by atomic mass is 10.2. The molecule has 1 N–H and O–H groups in total. The number of rotatable bonds is 8. The van der Waals surface area contributed by atoms with Crippen molar-refractivity contribution in [1.82, 2.24) is 0 Å². The Morgan fingerprint density at radius 3 is 2.15 bits per heavy atom. The van der Waals surface area contributed by atoms with E-state index >= 15 is 0 Å². The molecule has 1 atom stereocenters. The fourth-order valence-electron chi connectivity index (χ4n) is 2.25. The zero-order valence-electron chi connectivity index (χ0n) is 14.6. The number of nitrogens with one attached hydrogen (secondary N) is 1. The van der Waals surface area contributed by atoms with Crippen LogP contribution in [0, 0.1) is 5.82 Å². The Morgan fingerprint density at radius 1 is 1.04 bits per heavy atom. The fourth-order valence-corrected chi connectivity index (χ4v) is 4.07. The molecule has 0 aliphatic heterocycles. The molecule has 26 heavy (non-hydrogen) atoms. The summed E-state index contributed by atoms with van der Waals surface area (Å²) >= 11 is 0. The molecular weight excluding hydrogens is 360 g/mol. The van der Waals surface area contributed by atoms with Crippen LogP contribution in [0.5, 0.6) is 0 Å². The molecule has 2 aromatic carbocycles. The molecule has 0 spiro atoms. The maximum absolute atomic E-state index is 13.2. The third-order valence-electron chi connectivity index (χ3n) is 3.30. The van der Waals surface area contributed by atoms with Gasteiger partial charge in [-0.2, -0.15) is 0 Å². The van der Waals surface area contributed by atoms with Gasteiger partial charge in [-0.3, -0.25) is 9.88 Å². The molecule has 0 fully saturated rings. The largest absolute Gasteiger partial charge is 0.428 e. The third-order valence-corrected chi connectivity index (χ3v) is 5.51. The highest BCUT2D eigenvalue weighted by atomic mass is 31.2. The van der Waals surface area contributed by atoms with Gasteiger partial charge >= 0.3 is 13.7 Å². The molecule has 2 rings (SSSR count). The van der Waals surface area contributed by atoms with E-state index in [0.717, 1.165) is 0 Å². The lowest BCUT2D eigenvalue weighted by Gasteiger charge is -2.26. The number of amides is 1. The van der Waals surface area contributed by atoms with Crippen molar-refractivity contribution >= 4 is 19.4 Å². The second-order valence-electron chi connectivity index (χ2n) is 5.18. The molecule has 1 unspecified atom stereocenters. The van der Waals surface area contributed by atoms with E-state index in [4.69, 9.17) is 13.8 Å². The van der Waals surface area contributed by atoms with Crippen molar-refractivity contribution in [2.24, 2.45) is 0 Å². The average molecular weight is 381 g/mol. The Bertz CT molecular complexity index is 744. The van der Waals surface area contributed by atoms with Gasteiger partial charge in [-0.05, 0) is 38.1 Å². The third kappa shape index (κ3) is 5.39. The molecule has 0 radical (unpaired) electrons. The van der Waals surface area contributed by atoms with Crippen LogP contribution in [0.1, 0.15) is 25.3 Å². The Hall–Kier alpha value is -2.21. The molecule has 6 nitrogen and oxygen atoms in total. The number of halogens is 1. The summed E-state index contributed by atoms with van der Waals surface area (Å²) in [5, 5.41) is 2.54. The van der Waals surface area contributed by atoms with Crippen LogP contribution in [0.3, 0.4) is 0 Å². The van der Waals surface area contributed by atoms with Gasteiger partial charge in [0, 0.05) is 11.3 Å². The van der Waals surface area contributed by atoms with Gasteiger partial charge in [-0.1, -0.05) is 30.3 Å². The first kappa shape index (κ1) is 20.1. The number of hydrogen-bond acceptors (Lipinski definition) is 5. The van der Waals surface area contributed by atoms with E-state index in [1.165, 1.54) is 24.3 Å². The molecule has 0 aromatic heterocycles. The molecule has 0 aliphatic carbocycles. The fraction of sp³-hybridized carbons (Fsp3) is 0.278. The highest BCUT2D eigenvalue weighted by Gasteiger charge is 2.40. The van der Waals surface area contributed by atoms with E-state index < -0.39 is 25.4 Å². The molecule has 0 saturated carbocycles. The number of hydrogen-bond donors (Lipinski definition) is 1. The minimum absolute atomic E-state index is 0.0959. The van der Waals surface area contributed by atoms with Gasteiger partial charge in [-0.25, -0.2) is 9.18 Å². The van der Waals surface area contributed by atoms with Crippen molar-refractivity contribution < 1.29 is 27.5 Å². The van der Waals surface area contributed by atoms with Gasteiger partial charge in [0.1, 0.15) is 5.82 Å². The molecule has 0 bridgehead atoms. The van der Waals surface area contributed by atoms with Crippen molar-refractivity contribution in [2.45, 2.75) is 19.7 Å². The number of benzene rings is 2. The maximum Gasteiger partial charge on any atom is 0.412 e. The number of carbonyl (C=O) groups is 1. The van der Waals surface area contributed by atoms with Crippen LogP contribution in [0.2, 0.25) is 0 Å². The summed E-state index contributed by atoms with van der Waals surface area (Å²) in [5.74, 6) is -1.80. The van der Waals surface area contributed by atoms with Crippen molar-refractivity contribution in [3.8, 4) is 0 Å². The first-order chi connectivity index (χ1) is 12.5. The van der Waals surface area contributed by atoms with Gasteiger partial charge in [0.05, 0.1) is 13.2 Å². The summed E-state index contributed by atoms with van der Waals surface area (Å²) in [4.78, 5) is 12.3. The Balaban J connectivity index is 2.28. The van der Waals surface area contributed by atoms with E-state index in [-0.39, 0.29) is 13.2 Å². The summed E-state index contributed by atoms with van der Waals surface area (Å²) in [6.45, 7) is 3.49. The number of carbonyl (C=O) groups excluding carboxylic acids is 1. The van der Waals surface area contributed by atoms with Gasteiger partial charge < -0.3 is 13.8 Å². The van der Waals surface area contributed by atoms with Gasteiger partial charge in [0.25, 0.3) is 0 Å². The molecule has 0 aliphatic rings. The molecule has 0 saturated heterocycles. The van der Waals surface area contributed by atoms with Crippen molar-refractivity contribution in [3.05, 3.63) is 66.0 Å². The van der Waals surface area contributed by atoms with Crippen LogP contribution in [0.4, 0.5) is 14.9 Å². The van der Waals surface area contributed by atoms with E-state index in [1.54, 1.807) is 44.2 Å². The van der Waals surface area contributed by atoms with Crippen molar-refractivity contribution in [3.63, 3.8) is 0 Å². The highest BCUT2D eigenvalue weighted by Crippen LogP contribution is 2.61. The first-order valence-corrected chi connectivity index (χ1v) is 9.76. The number of para-hydroxylation sites is 1. The molecule has 2 aromatic rings. The standard InChI is InChI=1S/C18H21FNO5P/c1-3-23-26(22,24-4-2)17(14-10-12-15(19)13-11-14)25-18(21)20-16-8-6-5-7-9-16/h5-13,17H,3-4H2,1-2H3,(H,20,21). The number of anilines is 1. The maximum atomic E-state index is 13.2. The van der Waals surface area contributed by atoms with Gasteiger partial charge in [0.15, 0.2) is 0 Å². The van der Waals surface area contributed by atoms with Crippen LogP contribution in [0.25, 0.3) is 0 Å². The highest BCUT2D eigenvalue weighted by molar-refractivity contribution is 7.54.